The van der Waals surface area contributed by atoms with E-state index in [1.807, 2.05) is 0 Å². The molecule has 0 aliphatic carbocycles. The molecule has 0 radical (unpaired) electrons. The predicted octanol–water partition coefficient (Wildman–Crippen LogP) is 0.816. The lowest BCUT2D eigenvalue weighted by atomic mass is 10.3. The summed E-state index contributed by atoms with van der Waals surface area (Å²) in [6, 6.07) is 0. The Hall–Kier alpha value is -1.43. The largest absolute Gasteiger partial charge is 0.313 e. The molecule has 0 saturated heterocycles. The molecule has 0 atom stereocenters. The van der Waals surface area contributed by atoms with Gasteiger partial charge in [0, 0.05) is 0 Å². The lowest BCUT2D eigenvalue weighted by Gasteiger charge is -2.01. The number of Topliss-reactive ketones (excluding diaryl/α,β-unsaturated/α-hetero) is 1. The number of carbonyl (C=O) groups is 1. The van der Waals surface area contributed by atoms with Crippen LogP contribution in [0.4, 0.5) is 8.78 Å². The molecule has 76 valence electrons. The van der Waals surface area contributed by atoms with Crippen LogP contribution < -0.4 is 5.32 Å². The number of nitrogens with zero attached hydrogens (tertiary/aromatic N) is 2. The summed E-state index contributed by atoms with van der Waals surface area (Å²) < 4.78 is 24.3. The quantitative estimate of drug-likeness (QED) is 0.732. The van der Waals surface area contributed by atoms with Crippen LogP contribution in [-0.2, 0) is 0 Å². The maximum Gasteiger partial charge on any atom is 0.281 e. The Morgan fingerprint density at radius 1 is 1.57 bits per heavy atom. The fraction of sp³-hybridized carbons (Fsp3) is 0.375. The molecule has 1 rings (SSSR count). The van der Waals surface area contributed by atoms with Crippen molar-refractivity contribution in [3.8, 4) is 0 Å². The zero-order chi connectivity index (χ0) is 10.6. The zero-order valence-electron chi connectivity index (χ0n) is 7.50. The highest BCUT2D eigenvalue weighted by atomic mass is 19.3. The van der Waals surface area contributed by atoms with Crippen LogP contribution in [0.15, 0.2) is 12.4 Å². The first-order valence-corrected chi connectivity index (χ1v) is 3.93. The van der Waals surface area contributed by atoms with Crippen molar-refractivity contribution in [1.82, 2.24) is 15.3 Å². The number of halogens is 2. The van der Waals surface area contributed by atoms with E-state index in [2.05, 4.69) is 15.3 Å². The van der Waals surface area contributed by atoms with Gasteiger partial charge in [-0.05, 0) is 7.05 Å². The van der Waals surface area contributed by atoms with E-state index in [0.29, 0.717) is 0 Å². The molecular formula is C8H9F2N3O. The van der Waals surface area contributed by atoms with Gasteiger partial charge in [0.2, 0.25) is 0 Å². The molecule has 0 bridgehead atoms. The monoisotopic (exact) mass is 201 g/mol. The number of carbonyl (C=O) groups excluding carboxylic acids is 1. The normalized spacial score (nSPS) is 10.6. The molecule has 1 aromatic heterocycles. The maximum atomic E-state index is 12.2. The highest BCUT2D eigenvalue weighted by Crippen LogP contribution is 2.14. The van der Waals surface area contributed by atoms with Gasteiger partial charge in [-0.25, -0.2) is 13.8 Å². The summed E-state index contributed by atoms with van der Waals surface area (Å²) in [7, 11) is 1.59. The van der Waals surface area contributed by atoms with Crippen molar-refractivity contribution in [2.75, 3.05) is 13.6 Å². The van der Waals surface area contributed by atoms with Crippen LogP contribution in [0.2, 0.25) is 0 Å². The van der Waals surface area contributed by atoms with Crippen LogP contribution >= 0.6 is 0 Å². The molecule has 0 aliphatic heterocycles. The number of hydrogen-bond donors (Lipinski definition) is 1. The topological polar surface area (TPSA) is 54.9 Å². The molecule has 0 spiro atoms. The van der Waals surface area contributed by atoms with E-state index in [4.69, 9.17) is 0 Å². The third-order valence-electron chi connectivity index (χ3n) is 1.50. The van der Waals surface area contributed by atoms with Gasteiger partial charge < -0.3 is 5.32 Å². The lowest BCUT2D eigenvalue weighted by molar-refractivity contribution is 0.0986. The van der Waals surface area contributed by atoms with Gasteiger partial charge in [0.25, 0.3) is 6.43 Å². The van der Waals surface area contributed by atoms with E-state index >= 15 is 0 Å². The smallest absolute Gasteiger partial charge is 0.281 e. The first-order chi connectivity index (χ1) is 6.65. The van der Waals surface area contributed by atoms with Gasteiger partial charge in [0.1, 0.15) is 11.4 Å². The van der Waals surface area contributed by atoms with Crippen LogP contribution in [-0.4, -0.2) is 29.3 Å². The number of nitrogens with one attached hydrogen (secondary N) is 1. The number of likely N-dealkylation sites (N-methyl/N-ethyl adjacent to an activating group) is 1. The van der Waals surface area contributed by atoms with Crippen molar-refractivity contribution in [1.29, 1.82) is 0 Å². The van der Waals surface area contributed by atoms with Crippen LogP contribution in [0.3, 0.4) is 0 Å². The Bertz CT molecular complexity index is 330. The zero-order valence-corrected chi connectivity index (χ0v) is 7.50. The van der Waals surface area contributed by atoms with Crippen LogP contribution in [0.25, 0.3) is 0 Å². The van der Waals surface area contributed by atoms with Crippen LogP contribution in [0.5, 0.6) is 0 Å². The van der Waals surface area contributed by atoms with E-state index < -0.39 is 12.1 Å². The summed E-state index contributed by atoms with van der Waals surface area (Å²) in [5.41, 5.74) is -0.524. The highest BCUT2D eigenvalue weighted by molar-refractivity contribution is 5.95. The Labute approximate surface area is 79.4 Å². The van der Waals surface area contributed by atoms with E-state index in [1.165, 1.54) is 6.20 Å². The lowest BCUT2D eigenvalue weighted by Crippen LogP contribution is -2.20. The van der Waals surface area contributed by atoms with Crippen molar-refractivity contribution in [3.05, 3.63) is 23.8 Å². The summed E-state index contributed by atoms with van der Waals surface area (Å²) in [4.78, 5) is 18.2. The second kappa shape index (κ2) is 4.71. The Morgan fingerprint density at radius 2 is 2.29 bits per heavy atom. The third kappa shape index (κ3) is 2.53. The SMILES string of the molecule is CNCC(=O)c1cncc(C(F)F)n1. The summed E-state index contributed by atoms with van der Waals surface area (Å²) in [5.74, 6) is -0.359. The minimum Gasteiger partial charge on any atom is -0.313 e. The van der Waals surface area contributed by atoms with Gasteiger partial charge in [0.05, 0.1) is 18.9 Å². The van der Waals surface area contributed by atoms with Gasteiger partial charge in [-0.3, -0.25) is 9.78 Å². The van der Waals surface area contributed by atoms with Crippen molar-refractivity contribution in [3.63, 3.8) is 0 Å². The third-order valence-corrected chi connectivity index (χ3v) is 1.50. The first kappa shape index (κ1) is 10.6. The standard InChI is InChI=1S/C8H9F2N3O/c1-11-4-7(14)5-2-12-3-6(13-5)8(9)10/h2-3,8,11H,4H2,1H3. The summed E-state index contributed by atoms with van der Waals surface area (Å²) >= 11 is 0. The summed E-state index contributed by atoms with van der Waals surface area (Å²) in [5, 5.41) is 2.61. The Balaban J connectivity index is 2.88. The summed E-state index contributed by atoms with van der Waals surface area (Å²) in [6.07, 6.45) is -0.586. The molecule has 0 amide bonds. The Kier molecular flexibility index (Phi) is 3.58. The molecular weight excluding hydrogens is 192 g/mol. The molecule has 1 aromatic rings. The molecule has 1 N–H and O–H groups in total. The van der Waals surface area contributed by atoms with E-state index in [9.17, 15) is 13.6 Å². The van der Waals surface area contributed by atoms with Crippen molar-refractivity contribution in [2.45, 2.75) is 6.43 Å². The number of hydrogen-bond acceptors (Lipinski definition) is 4. The van der Waals surface area contributed by atoms with Crippen molar-refractivity contribution < 1.29 is 13.6 Å². The van der Waals surface area contributed by atoms with Gasteiger partial charge >= 0.3 is 0 Å². The Morgan fingerprint density at radius 3 is 2.86 bits per heavy atom. The molecule has 0 unspecified atom stereocenters. The second-order valence-electron chi connectivity index (χ2n) is 2.58. The number of alkyl halides is 2. The molecule has 0 fully saturated rings. The van der Waals surface area contributed by atoms with E-state index in [1.54, 1.807) is 7.05 Å². The average molecular weight is 201 g/mol. The first-order valence-electron chi connectivity index (χ1n) is 3.93. The average Bonchev–Trinajstić information content (AvgIpc) is 2.18. The second-order valence-corrected chi connectivity index (χ2v) is 2.58. The van der Waals surface area contributed by atoms with Gasteiger partial charge in [0.15, 0.2) is 5.78 Å². The predicted molar refractivity (Wildman–Crippen MR) is 45.2 cm³/mol. The molecule has 0 saturated carbocycles. The minimum atomic E-state index is -2.70. The fourth-order valence-corrected chi connectivity index (χ4v) is 0.872. The molecule has 0 aromatic carbocycles. The van der Waals surface area contributed by atoms with Crippen molar-refractivity contribution >= 4 is 5.78 Å². The molecule has 1 heterocycles. The number of rotatable bonds is 4. The molecule has 0 aliphatic rings. The molecule has 4 nitrogen and oxygen atoms in total. The van der Waals surface area contributed by atoms with Gasteiger partial charge in [-0.1, -0.05) is 0 Å². The summed E-state index contributed by atoms with van der Waals surface area (Å²) in [6.45, 7) is 0.0569. The molecule has 14 heavy (non-hydrogen) atoms. The van der Waals surface area contributed by atoms with E-state index in [0.717, 1.165) is 6.20 Å². The highest BCUT2D eigenvalue weighted by Gasteiger charge is 2.13. The fourth-order valence-electron chi connectivity index (χ4n) is 0.872. The van der Waals surface area contributed by atoms with Gasteiger partial charge in [-0.15, -0.1) is 0 Å². The van der Waals surface area contributed by atoms with Crippen LogP contribution in [0.1, 0.15) is 22.6 Å². The van der Waals surface area contributed by atoms with Crippen molar-refractivity contribution in [2.24, 2.45) is 0 Å². The van der Waals surface area contributed by atoms with Crippen LogP contribution in [0, 0.1) is 0 Å². The minimum absolute atomic E-state index is 0.0443. The number of aromatic nitrogens is 2. The molecule has 6 heteroatoms. The van der Waals surface area contributed by atoms with E-state index in [-0.39, 0.29) is 18.0 Å². The van der Waals surface area contributed by atoms with Gasteiger partial charge in [-0.2, -0.15) is 0 Å². The maximum absolute atomic E-state index is 12.2. The number of ketones is 1.